The number of aryl methyl sites for hydroxylation is 1. The standard InChI is InChI=1S/C12H13Cl2N3S/c1-8-9(5-13)6-15-12(16-8)17(2)7-10-3-4-11(14)18-10/h3-4,6H,5,7H2,1-2H3. The largest absolute Gasteiger partial charge is 0.339 e. The maximum absolute atomic E-state index is 5.91. The average Bonchev–Trinajstić information content (AvgIpc) is 2.74. The first kappa shape index (κ1) is 13.6. The summed E-state index contributed by atoms with van der Waals surface area (Å²) in [5.41, 5.74) is 1.89. The van der Waals surface area contributed by atoms with Gasteiger partial charge in [-0.15, -0.1) is 22.9 Å². The third-order valence-electron chi connectivity index (χ3n) is 2.58. The fraction of sp³-hybridized carbons (Fsp3) is 0.333. The van der Waals surface area contributed by atoms with Gasteiger partial charge in [0.25, 0.3) is 0 Å². The Bertz CT molecular complexity index is 542. The Morgan fingerprint density at radius 2 is 2.17 bits per heavy atom. The van der Waals surface area contributed by atoms with Gasteiger partial charge in [-0.25, -0.2) is 9.97 Å². The van der Waals surface area contributed by atoms with Gasteiger partial charge < -0.3 is 4.90 Å². The number of anilines is 1. The summed E-state index contributed by atoms with van der Waals surface area (Å²) in [7, 11) is 1.96. The molecule has 2 rings (SSSR count). The van der Waals surface area contributed by atoms with Gasteiger partial charge in [0.15, 0.2) is 0 Å². The highest BCUT2D eigenvalue weighted by Crippen LogP contribution is 2.23. The summed E-state index contributed by atoms with van der Waals surface area (Å²) in [5, 5.41) is 0. The van der Waals surface area contributed by atoms with E-state index in [-0.39, 0.29) is 0 Å². The van der Waals surface area contributed by atoms with E-state index in [1.807, 2.05) is 31.0 Å². The SMILES string of the molecule is Cc1nc(N(C)Cc2ccc(Cl)s2)ncc1CCl. The van der Waals surface area contributed by atoms with Gasteiger partial charge in [-0.3, -0.25) is 0 Å². The van der Waals surface area contributed by atoms with Gasteiger partial charge in [-0.1, -0.05) is 11.6 Å². The molecule has 0 aliphatic carbocycles. The van der Waals surface area contributed by atoms with Crippen LogP contribution in [-0.2, 0) is 12.4 Å². The Morgan fingerprint density at radius 3 is 2.72 bits per heavy atom. The quantitative estimate of drug-likeness (QED) is 0.803. The van der Waals surface area contributed by atoms with Gasteiger partial charge in [0.05, 0.1) is 16.8 Å². The van der Waals surface area contributed by atoms with Crippen molar-refractivity contribution in [1.29, 1.82) is 0 Å². The van der Waals surface area contributed by atoms with Crippen LogP contribution in [0.25, 0.3) is 0 Å². The van der Waals surface area contributed by atoms with E-state index in [2.05, 4.69) is 9.97 Å². The first-order valence-corrected chi connectivity index (χ1v) is 7.17. The molecular weight excluding hydrogens is 289 g/mol. The summed E-state index contributed by atoms with van der Waals surface area (Å²) in [6, 6.07) is 3.92. The maximum atomic E-state index is 5.91. The van der Waals surface area contributed by atoms with Gasteiger partial charge in [-0.2, -0.15) is 0 Å². The lowest BCUT2D eigenvalue weighted by atomic mass is 10.3. The van der Waals surface area contributed by atoms with Crippen LogP contribution in [0.1, 0.15) is 16.1 Å². The van der Waals surface area contributed by atoms with Gasteiger partial charge >= 0.3 is 0 Å². The number of hydrogen-bond acceptors (Lipinski definition) is 4. The van der Waals surface area contributed by atoms with Crippen molar-refractivity contribution in [2.24, 2.45) is 0 Å². The minimum absolute atomic E-state index is 0.441. The number of alkyl halides is 1. The molecule has 0 aromatic carbocycles. The molecule has 6 heteroatoms. The monoisotopic (exact) mass is 301 g/mol. The summed E-state index contributed by atoms with van der Waals surface area (Å²) in [4.78, 5) is 11.9. The fourth-order valence-corrected chi connectivity index (χ4v) is 2.94. The normalized spacial score (nSPS) is 10.7. The molecule has 0 fully saturated rings. The summed E-state index contributed by atoms with van der Waals surface area (Å²) >= 11 is 13.3. The predicted octanol–water partition coefficient (Wildman–Crippen LogP) is 3.88. The highest BCUT2D eigenvalue weighted by Gasteiger charge is 2.09. The minimum atomic E-state index is 0.441. The lowest BCUT2D eigenvalue weighted by molar-refractivity contribution is 0.864. The molecule has 0 radical (unpaired) electrons. The molecule has 0 aliphatic heterocycles. The van der Waals surface area contributed by atoms with E-state index in [1.54, 1.807) is 17.5 Å². The van der Waals surface area contributed by atoms with Crippen molar-refractivity contribution in [2.45, 2.75) is 19.3 Å². The highest BCUT2D eigenvalue weighted by molar-refractivity contribution is 7.16. The molecule has 0 atom stereocenters. The highest BCUT2D eigenvalue weighted by atomic mass is 35.5. The predicted molar refractivity (Wildman–Crippen MR) is 77.8 cm³/mol. The van der Waals surface area contributed by atoms with E-state index in [4.69, 9.17) is 23.2 Å². The first-order valence-electron chi connectivity index (χ1n) is 5.44. The van der Waals surface area contributed by atoms with Crippen molar-refractivity contribution in [1.82, 2.24) is 9.97 Å². The van der Waals surface area contributed by atoms with Gasteiger partial charge in [0, 0.05) is 29.4 Å². The number of hydrogen-bond donors (Lipinski definition) is 0. The van der Waals surface area contributed by atoms with E-state index in [0.29, 0.717) is 11.8 Å². The topological polar surface area (TPSA) is 29.0 Å². The molecule has 2 heterocycles. The smallest absolute Gasteiger partial charge is 0.225 e. The molecule has 2 aromatic rings. The van der Waals surface area contributed by atoms with E-state index in [1.165, 1.54) is 4.88 Å². The number of nitrogens with zero attached hydrogens (tertiary/aromatic N) is 3. The second kappa shape index (κ2) is 5.87. The molecule has 0 amide bonds. The third-order valence-corrected chi connectivity index (χ3v) is 4.08. The molecular formula is C12H13Cl2N3S. The number of aromatic nitrogens is 2. The summed E-state index contributed by atoms with van der Waals surface area (Å²) in [6.45, 7) is 2.69. The number of thiophene rings is 1. The Labute approximate surface area is 120 Å². The van der Waals surface area contributed by atoms with Crippen LogP contribution in [-0.4, -0.2) is 17.0 Å². The lowest BCUT2D eigenvalue weighted by Gasteiger charge is -2.16. The molecule has 18 heavy (non-hydrogen) atoms. The molecule has 0 aliphatic rings. The van der Waals surface area contributed by atoms with Gasteiger partial charge in [-0.05, 0) is 19.1 Å². The molecule has 0 spiro atoms. The number of halogens is 2. The minimum Gasteiger partial charge on any atom is -0.339 e. The molecule has 0 unspecified atom stereocenters. The zero-order valence-electron chi connectivity index (χ0n) is 10.2. The molecule has 2 aromatic heterocycles. The van der Waals surface area contributed by atoms with E-state index >= 15 is 0 Å². The number of rotatable bonds is 4. The Balaban J connectivity index is 2.13. The summed E-state index contributed by atoms with van der Waals surface area (Å²) in [5.74, 6) is 1.14. The van der Waals surface area contributed by atoms with Gasteiger partial charge in [0.2, 0.25) is 5.95 Å². The van der Waals surface area contributed by atoms with Crippen molar-refractivity contribution < 1.29 is 0 Å². The average molecular weight is 302 g/mol. The molecule has 3 nitrogen and oxygen atoms in total. The first-order chi connectivity index (χ1) is 8.60. The summed E-state index contributed by atoms with van der Waals surface area (Å²) < 4.78 is 0.799. The van der Waals surface area contributed by atoms with Crippen LogP contribution in [0.3, 0.4) is 0 Å². The van der Waals surface area contributed by atoms with Crippen LogP contribution in [0.5, 0.6) is 0 Å². The molecule has 0 bridgehead atoms. The molecule has 96 valence electrons. The van der Waals surface area contributed by atoms with E-state index in [9.17, 15) is 0 Å². The van der Waals surface area contributed by atoms with Crippen LogP contribution >= 0.6 is 34.5 Å². The van der Waals surface area contributed by atoms with Crippen LogP contribution in [0, 0.1) is 6.92 Å². The Kier molecular flexibility index (Phi) is 4.43. The lowest BCUT2D eigenvalue weighted by Crippen LogP contribution is -2.19. The van der Waals surface area contributed by atoms with Crippen LogP contribution in [0.2, 0.25) is 4.34 Å². The van der Waals surface area contributed by atoms with Crippen molar-refractivity contribution in [2.75, 3.05) is 11.9 Å². The van der Waals surface area contributed by atoms with Crippen LogP contribution < -0.4 is 4.90 Å². The molecule has 0 N–H and O–H groups in total. The summed E-state index contributed by atoms with van der Waals surface area (Å²) in [6.07, 6.45) is 1.78. The zero-order valence-corrected chi connectivity index (χ0v) is 12.5. The third kappa shape index (κ3) is 3.13. The van der Waals surface area contributed by atoms with Crippen molar-refractivity contribution in [3.05, 3.63) is 38.8 Å². The molecule has 0 saturated heterocycles. The Hall–Kier alpha value is -0.840. The maximum Gasteiger partial charge on any atom is 0.225 e. The Morgan fingerprint density at radius 1 is 1.39 bits per heavy atom. The van der Waals surface area contributed by atoms with E-state index in [0.717, 1.165) is 22.1 Å². The van der Waals surface area contributed by atoms with Crippen LogP contribution in [0.4, 0.5) is 5.95 Å². The second-order valence-electron chi connectivity index (χ2n) is 3.98. The van der Waals surface area contributed by atoms with Gasteiger partial charge in [0.1, 0.15) is 0 Å². The van der Waals surface area contributed by atoms with Crippen molar-refractivity contribution >= 4 is 40.5 Å². The second-order valence-corrected chi connectivity index (χ2v) is 6.04. The van der Waals surface area contributed by atoms with Crippen molar-refractivity contribution in [3.8, 4) is 0 Å². The van der Waals surface area contributed by atoms with E-state index < -0.39 is 0 Å². The fourth-order valence-electron chi connectivity index (χ4n) is 1.54. The zero-order chi connectivity index (χ0) is 13.1. The molecule has 0 saturated carbocycles. The van der Waals surface area contributed by atoms with Crippen molar-refractivity contribution in [3.63, 3.8) is 0 Å². The van der Waals surface area contributed by atoms with Crippen LogP contribution in [0.15, 0.2) is 18.3 Å².